The van der Waals surface area contributed by atoms with Gasteiger partial charge in [-0.25, -0.2) is 4.39 Å². The van der Waals surface area contributed by atoms with Gasteiger partial charge >= 0.3 is 0 Å². The summed E-state index contributed by atoms with van der Waals surface area (Å²) in [6.07, 6.45) is 3.52. The van der Waals surface area contributed by atoms with Gasteiger partial charge in [-0.3, -0.25) is 4.21 Å². The fourth-order valence-corrected chi connectivity index (χ4v) is 2.68. The third-order valence-corrected chi connectivity index (χ3v) is 4.08. The average molecular weight is 273 g/mol. The maximum Gasteiger partial charge on any atom is 0.125 e. The molecule has 0 saturated heterocycles. The number of nitrogens with one attached hydrogen (secondary N) is 1. The van der Waals surface area contributed by atoms with E-state index in [9.17, 15) is 8.60 Å². The van der Waals surface area contributed by atoms with Crippen molar-refractivity contribution in [3.05, 3.63) is 54.5 Å². The van der Waals surface area contributed by atoms with Gasteiger partial charge in [-0.05, 0) is 35.9 Å². The lowest BCUT2D eigenvalue weighted by molar-refractivity contribution is 0.629. The monoisotopic (exact) mass is 273 g/mol. The second-order valence-corrected chi connectivity index (χ2v) is 5.75. The van der Waals surface area contributed by atoms with Gasteiger partial charge in [0.25, 0.3) is 0 Å². The van der Waals surface area contributed by atoms with Crippen LogP contribution in [0.3, 0.4) is 0 Å². The molecular formula is C15H12FNOS. The highest BCUT2D eigenvalue weighted by atomic mass is 32.2. The average Bonchev–Trinajstić information content (AvgIpc) is 2.81. The first-order chi connectivity index (χ1) is 9.15. The zero-order chi connectivity index (χ0) is 13.4. The first-order valence-electron chi connectivity index (χ1n) is 5.85. The topological polar surface area (TPSA) is 32.9 Å². The Bertz CT molecular complexity index is 761. The molecule has 1 N–H and O–H groups in total. The molecule has 2 nitrogen and oxygen atoms in total. The van der Waals surface area contributed by atoms with Crippen LogP contribution < -0.4 is 0 Å². The Hall–Kier alpha value is -1.94. The molecule has 4 heteroatoms. The van der Waals surface area contributed by atoms with Crippen molar-refractivity contribution in [2.45, 2.75) is 4.90 Å². The lowest BCUT2D eigenvalue weighted by Crippen LogP contribution is -1.86. The minimum absolute atomic E-state index is 0.252. The Morgan fingerprint density at radius 1 is 1.11 bits per heavy atom. The predicted molar refractivity (Wildman–Crippen MR) is 76.0 cm³/mol. The molecule has 3 aromatic rings. The molecule has 3 rings (SSSR count). The second-order valence-electron chi connectivity index (χ2n) is 4.37. The molecule has 1 atom stereocenters. The van der Waals surface area contributed by atoms with Gasteiger partial charge in [-0.2, -0.15) is 0 Å². The number of benzene rings is 2. The maximum absolute atomic E-state index is 13.1. The molecule has 96 valence electrons. The molecule has 2 aromatic carbocycles. The van der Waals surface area contributed by atoms with Crippen LogP contribution in [0, 0.1) is 5.82 Å². The van der Waals surface area contributed by atoms with Crippen LogP contribution in [-0.2, 0) is 10.8 Å². The molecule has 0 amide bonds. The van der Waals surface area contributed by atoms with Gasteiger partial charge in [0, 0.05) is 44.6 Å². The fourth-order valence-electron chi connectivity index (χ4n) is 2.16. The van der Waals surface area contributed by atoms with Gasteiger partial charge in [-0.15, -0.1) is 0 Å². The quantitative estimate of drug-likeness (QED) is 0.758. The van der Waals surface area contributed by atoms with Crippen LogP contribution in [0.5, 0.6) is 0 Å². The van der Waals surface area contributed by atoms with E-state index in [-0.39, 0.29) is 5.82 Å². The van der Waals surface area contributed by atoms with Crippen molar-refractivity contribution in [1.82, 2.24) is 4.98 Å². The van der Waals surface area contributed by atoms with Crippen molar-refractivity contribution in [2.75, 3.05) is 6.26 Å². The summed E-state index contributed by atoms with van der Waals surface area (Å²) >= 11 is 0. The van der Waals surface area contributed by atoms with Crippen LogP contribution in [0.2, 0.25) is 0 Å². The lowest BCUT2D eigenvalue weighted by atomic mass is 10.1. The Balaban J connectivity index is 2.11. The van der Waals surface area contributed by atoms with Gasteiger partial charge in [0.1, 0.15) is 5.82 Å². The van der Waals surface area contributed by atoms with E-state index in [0.717, 1.165) is 26.9 Å². The van der Waals surface area contributed by atoms with Crippen LogP contribution in [0.1, 0.15) is 0 Å². The zero-order valence-electron chi connectivity index (χ0n) is 10.3. The van der Waals surface area contributed by atoms with Gasteiger partial charge < -0.3 is 4.98 Å². The molecule has 0 aliphatic heterocycles. The molecule has 1 aromatic heterocycles. The van der Waals surface area contributed by atoms with E-state index in [1.165, 1.54) is 12.1 Å². The zero-order valence-corrected chi connectivity index (χ0v) is 11.1. The van der Waals surface area contributed by atoms with Gasteiger partial charge in [0.05, 0.1) is 0 Å². The van der Waals surface area contributed by atoms with Crippen molar-refractivity contribution in [2.24, 2.45) is 0 Å². The van der Waals surface area contributed by atoms with E-state index in [0.29, 0.717) is 0 Å². The summed E-state index contributed by atoms with van der Waals surface area (Å²) in [6.45, 7) is 0. The summed E-state index contributed by atoms with van der Waals surface area (Å²) in [6, 6.07) is 12.3. The first-order valence-corrected chi connectivity index (χ1v) is 7.41. The molecule has 19 heavy (non-hydrogen) atoms. The number of hydrogen-bond acceptors (Lipinski definition) is 1. The van der Waals surface area contributed by atoms with Crippen LogP contribution in [-0.4, -0.2) is 15.4 Å². The van der Waals surface area contributed by atoms with Gasteiger partial charge in [0.15, 0.2) is 0 Å². The molecule has 0 radical (unpaired) electrons. The second kappa shape index (κ2) is 4.63. The van der Waals surface area contributed by atoms with E-state index in [4.69, 9.17) is 0 Å². The van der Waals surface area contributed by atoms with E-state index in [2.05, 4.69) is 4.98 Å². The smallest absolute Gasteiger partial charge is 0.125 e. The fraction of sp³-hybridized carbons (Fsp3) is 0.0667. The van der Waals surface area contributed by atoms with Gasteiger partial charge in [0.2, 0.25) is 0 Å². The Labute approximate surface area is 112 Å². The molecule has 0 saturated carbocycles. The van der Waals surface area contributed by atoms with Crippen LogP contribution in [0.4, 0.5) is 4.39 Å². The van der Waals surface area contributed by atoms with Crippen molar-refractivity contribution < 1.29 is 8.60 Å². The Kier molecular flexibility index (Phi) is 2.95. The van der Waals surface area contributed by atoms with Crippen LogP contribution >= 0.6 is 0 Å². The molecule has 0 aliphatic carbocycles. The number of aromatic amines is 1. The summed E-state index contributed by atoms with van der Waals surface area (Å²) in [5, 5.41) is 0.978. The summed E-state index contributed by atoms with van der Waals surface area (Å²) in [5.41, 5.74) is 2.81. The SMILES string of the molecule is CS(=O)c1ccc(-c2c[nH]c3cc(F)ccc23)cc1. The molecule has 0 fully saturated rings. The summed E-state index contributed by atoms with van der Waals surface area (Å²) in [4.78, 5) is 3.87. The largest absolute Gasteiger partial charge is 0.360 e. The number of rotatable bonds is 2. The van der Waals surface area contributed by atoms with Crippen molar-refractivity contribution in [1.29, 1.82) is 0 Å². The number of fused-ring (bicyclic) bond motifs is 1. The third-order valence-electron chi connectivity index (χ3n) is 3.14. The predicted octanol–water partition coefficient (Wildman–Crippen LogP) is 3.71. The number of aromatic nitrogens is 1. The van der Waals surface area contributed by atoms with E-state index >= 15 is 0 Å². The van der Waals surface area contributed by atoms with Crippen molar-refractivity contribution in [3.63, 3.8) is 0 Å². The minimum Gasteiger partial charge on any atom is -0.360 e. The Morgan fingerprint density at radius 2 is 1.84 bits per heavy atom. The van der Waals surface area contributed by atoms with Crippen LogP contribution in [0.15, 0.2) is 53.6 Å². The molecule has 0 aliphatic rings. The molecular weight excluding hydrogens is 261 g/mol. The number of hydrogen-bond donors (Lipinski definition) is 1. The van der Waals surface area contributed by atoms with Crippen molar-refractivity contribution in [3.8, 4) is 11.1 Å². The van der Waals surface area contributed by atoms with Crippen molar-refractivity contribution >= 4 is 21.7 Å². The minimum atomic E-state index is -0.972. The van der Waals surface area contributed by atoms with Gasteiger partial charge in [-0.1, -0.05) is 12.1 Å². The van der Waals surface area contributed by atoms with Crippen LogP contribution in [0.25, 0.3) is 22.0 Å². The Morgan fingerprint density at radius 3 is 2.53 bits per heavy atom. The highest BCUT2D eigenvalue weighted by Crippen LogP contribution is 2.29. The summed E-state index contributed by atoms with van der Waals surface area (Å²) in [5.74, 6) is -0.252. The maximum atomic E-state index is 13.1. The van der Waals surface area contributed by atoms with E-state index in [1.807, 2.05) is 30.5 Å². The summed E-state index contributed by atoms with van der Waals surface area (Å²) < 4.78 is 24.5. The summed E-state index contributed by atoms with van der Waals surface area (Å²) in [7, 11) is -0.972. The molecule has 0 spiro atoms. The standard InChI is InChI=1S/C15H12FNOS/c1-19(18)12-5-2-10(3-6-12)14-9-17-15-8-11(16)4-7-13(14)15/h2-9,17H,1H3. The first kappa shape index (κ1) is 12.1. The highest BCUT2D eigenvalue weighted by molar-refractivity contribution is 7.84. The third kappa shape index (κ3) is 2.19. The normalized spacial score (nSPS) is 12.7. The lowest BCUT2D eigenvalue weighted by Gasteiger charge is -2.01. The van der Waals surface area contributed by atoms with E-state index in [1.54, 1.807) is 12.3 Å². The highest BCUT2D eigenvalue weighted by Gasteiger charge is 2.07. The number of H-pyrrole nitrogens is 1. The molecule has 1 unspecified atom stereocenters. The number of halogens is 1. The molecule has 1 heterocycles. The van der Waals surface area contributed by atoms with E-state index < -0.39 is 10.8 Å². The molecule has 0 bridgehead atoms.